The standard InChI is InChI=1S/C12H17N3O2S2/c1-2-3-4-8-14-9-6-5-7-10-11(9)15-12(18-10)19(13,16)17/h5-7,14H,2-4,8H2,1H3,(H2,13,16,17). The Morgan fingerprint density at radius 1 is 1.37 bits per heavy atom. The summed E-state index contributed by atoms with van der Waals surface area (Å²) in [5.41, 5.74) is 1.53. The van der Waals surface area contributed by atoms with E-state index in [0.29, 0.717) is 5.52 Å². The van der Waals surface area contributed by atoms with Crippen LogP contribution in [0.2, 0.25) is 0 Å². The van der Waals surface area contributed by atoms with Crippen molar-refractivity contribution in [3.05, 3.63) is 18.2 Å². The quantitative estimate of drug-likeness (QED) is 0.803. The molecule has 0 aliphatic rings. The Morgan fingerprint density at radius 3 is 2.84 bits per heavy atom. The van der Waals surface area contributed by atoms with Crippen molar-refractivity contribution in [3.63, 3.8) is 0 Å². The van der Waals surface area contributed by atoms with Crippen LogP contribution in [0.5, 0.6) is 0 Å². The fourth-order valence-electron chi connectivity index (χ4n) is 1.79. The number of hydrogen-bond acceptors (Lipinski definition) is 5. The van der Waals surface area contributed by atoms with Gasteiger partial charge in [-0.15, -0.1) is 11.3 Å². The second kappa shape index (κ2) is 5.85. The van der Waals surface area contributed by atoms with E-state index in [1.807, 2.05) is 18.2 Å². The number of primary sulfonamides is 1. The number of unbranched alkanes of at least 4 members (excludes halogenated alkanes) is 2. The molecule has 1 heterocycles. The van der Waals surface area contributed by atoms with Gasteiger partial charge in [0.25, 0.3) is 10.0 Å². The minimum absolute atomic E-state index is 0.0368. The molecule has 0 atom stereocenters. The van der Waals surface area contributed by atoms with Crippen LogP contribution in [0.4, 0.5) is 5.69 Å². The van der Waals surface area contributed by atoms with Gasteiger partial charge in [-0.25, -0.2) is 18.5 Å². The molecule has 104 valence electrons. The number of rotatable bonds is 6. The van der Waals surface area contributed by atoms with Gasteiger partial charge in [0.1, 0.15) is 5.52 Å². The lowest BCUT2D eigenvalue weighted by atomic mass is 10.2. The molecule has 2 aromatic rings. The average molecular weight is 299 g/mol. The summed E-state index contributed by atoms with van der Waals surface area (Å²) >= 11 is 1.10. The molecule has 0 radical (unpaired) electrons. The van der Waals surface area contributed by atoms with Crippen LogP contribution in [0.1, 0.15) is 26.2 Å². The molecule has 0 saturated heterocycles. The predicted octanol–water partition coefficient (Wildman–Crippen LogP) is 2.55. The first kappa shape index (κ1) is 14.2. The smallest absolute Gasteiger partial charge is 0.265 e. The largest absolute Gasteiger partial charge is 0.383 e. The zero-order chi connectivity index (χ0) is 13.9. The van der Waals surface area contributed by atoms with Gasteiger partial charge in [-0.3, -0.25) is 0 Å². The molecule has 1 aromatic carbocycles. The predicted molar refractivity (Wildman–Crippen MR) is 79.0 cm³/mol. The SMILES string of the molecule is CCCCCNc1cccc2sc(S(N)(=O)=O)nc12. The Morgan fingerprint density at radius 2 is 2.16 bits per heavy atom. The van der Waals surface area contributed by atoms with Crippen LogP contribution < -0.4 is 10.5 Å². The Kier molecular flexibility index (Phi) is 4.38. The highest BCUT2D eigenvalue weighted by atomic mass is 32.2. The number of thiazole rings is 1. The number of nitrogens with two attached hydrogens (primary N) is 1. The normalized spacial score (nSPS) is 11.9. The first-order chi connectivity index (χ1) is 9.02. The summed E-state index contributed by atoms with van der Waals surface area (Å²) in [7, 11) is -3.73. The van der Waals surface area contributed by atoms with Crippen molar-refractivity contribution >= 4 is 37.3 Å². The maximum atomic E-state index is 11.3. The van der Waals surface area contributed by atoms with Crippen LogP contribution in [-0.2, 0) is 10.0 Å². The third-order valence-electron chi connectivity index (χ3n) is 2.74. The molecule has 0 spiro atoms. The van der Waals surface area contributed by atoms with Gasteiger partial charge < -0.3 is 5.32 Å². The van der Waals surface area contributed by atoms with Gasteiger partial charge in [0.05, 0.1) is 10.4 Å². The summed E-state index contributed by atoms with van der Waals surface area (Å²) in [4.78, 5) is 4.13. The summed E-state index contributed by atoms with van der Waals surface area (Å²) in [6, 6.07) is 5.63. The fourth-order valence-corrected chi connectivity index (χ4v) is 3.47. The van der Waals surface area contributed by atoms with Gasteiger partial charge in [0.2, 0.25) is 4.34 Å². The number of nitrogens with one attached hydrogen (secondary N) is 1. The maximum absolute atomic E-state index is 11.3. The zero-order valence-electron chi connectivity index (χ0n) is 10.7. The van der Waals surface area contributed by atoms with Gasteiger partial charge in [0, 0.05) is 6.54 Å². The number of fused-ring (bicyclic) bond motifs is 1. The summed E-state index contributed by atoms with van der Waals surface area (Å²) in [5, 5.41) is 8.41. The van der Waals surface area contributed by atoms with E-state index < -0.39 is 10.0 Å². The van der Waals surface area contributed by atoms with Gasteiger partial charge in [-0.2, -0.15) is 0 Å². The molecule has 0 unspecified atom stereocenters. The van der Waals surface area contributed by atoms with Crippen LogP contribution in [-0.4, -0.2) is 19.9 Å². The molecule has 1 aromatic heterocycles. The number of aromatic nitrogens is 1. The molecule has 0 aliphatic heterocycles. The van der Waals surface area contributed by atoms with Crippen LogP contribution >= 0.6 is 11.3 Å². The van der Waals surface area contributed by atoms with E-state index in [0.717, 1.165) is 41.1 Å². The lowest BCUT2D eigenvalue weighted by molar-refractivity contribution is 0.597. The lowest BCUT2D eigenvalue weighted by Crippen LogP contribution is -2.11. The van der Waals surface area contributed by atoms with E-state index in [9.17, 15) is 8.42 Å². The highest BCUT2D eigenvalue weighted by Crippen LogP contribution is 2.29. The maximum Gasteiger partial charge on any atom is 0.265 e. The van der Waals surface area contributed by atoms with Crippen molar-refractivity contribution in [2.45, 2.75) is 30.5 Å². The van der Waals surface area contributed by atoms with Crippen LogP contribution in [0, 0.1) is 0 Å². The van der Waals surface area contributed by atoms with E-state index in [1.165, 1.54) is 6.42 Å². The summed E-state index contributed by atoms with van der Waals surface area (Å²) < 4.78 is 23.4. The van der Waals surface area contributed by atoms with E-state index in [1.54, 1.807) is 0 Å². The van der Waals surface area contributed by atoms with Crippen molar-refractivity contribution < 1.29 is 8.42 Å². The lowest BCUT2D eigenvalue weighted by Gasteiger charge is -2.06. The molecule has 0 amide bonds. The minimum atomic E-state index is -3.73. The third-order valence-corrected chi connectivity index (χ3v) is 5.08. The van der Waals surface area contributed by atoms with Crippen LogP contribution in [0.3, 0.4) is 0 Å². The number of sulfonamides is 1. The molecule has 0 fully saturated rings. The Hall–Kier alpha value is -1.18. The van der Waals surface area contributed by atoms with E-state index in [4.69, 9.17) is 5.14 Å². The first-order valence-corrected chi connectivity index (χ1v) is 8.55. The van der Waals surface area contributed by atoms with Crippen molar-refractivity contribution in [2.24, 2.45) is 5.14 Å². The average Bonchev–Trinajstić information content (AvgIpc) is 2.79. The number of nitrogens with zero attached hydrogens (tertiary/aromatic N) is 1. The van der Waals surface area contributed by atoms with Gasteiger partial charge in [-0.1, -0.05) is 25.8 Å². The van der Waals surface area contributed by atoms with Gasteiger partial charge in [0.15, 0.2) is 0 Å². The number of para-hydroxylation sites is 1. The Bertz CT molecular complexity index is 665. The fraction of sp³-hybridized carbons (Fsp3) is 0.417. The van der Waals surface area contributed by atoms with Gasteiger partial charge in [-0.05, 0) is 18.6 Å². The third kappa shape index (κ3) is 3.43. The Labute approximate surface area is 116 Å². The molecule has 7 heteroatoms. The molecular weight excluding hydrogens is 282 g/mol. The van der Waals surface area contributed by atoms with E-state index in [2.05, 4.69) is 17.2 Å². The minimum Gasteiger partial charge on any atom is -0.383 e. The van der Waals surface area contributed by atoms with Crippen molar-refractivity contribution in [2.75, 3.05) is 11.9 Å². The van der Waals surface area contributed by atoms with Crippen LogP contribution in [0.15, 0.2) is 22.5 Å². The van der Waals surface area contributed by atoms with Crippen molar-refractivity contribution in [1.82, 2.24) is 4.98 Å². The van der Waals surface area contributed by atoms with Crippen molar-refractivity contribution in [3.8, 4) is 0 Å². The monoisotopic (exact) mass is 299 g/mol. The number of benzene rings is 1. The molecule has 19 heavy (non-hydrogen) atoms. The highest BCUT2D eigenvalue weighted by Gasteiger charge is 2.15. The second-order valence-electron chi connectivity index (χ2n) is 4.31. The van der Waals surface area contributed by atoms with E-state index in [-0.39, 0.29) is 4.34 Å². The van der Waals surface area contributed by atoms with Crippen LogP contribution in [0.25, 0.3) is 10.2 Å². The molecule has 0 bridgehead atoms. The van der Waals surface area contributed by atoms with Crippen molar-refractivity contribution in [1.29, 1.82) is 0 Å². The first-order valence-electron chi connectivity index (χ1n) is 6.18. The molecular formula is C12H17N3O2S2. The zero-order valence-corrected chi connectivity index (χ0v) is 12.4. The summed E-state index contributed by atoms with van der Waals surface area (Å²) in [6.45, 7) is 3.01. The number of hydrogen-bond donors (Lipinski definition) is 2. The molecule has 3 N–H and O–H groups in total. The second-order valence-corrected chi connectivity index (χ2v) is 7.08. The highest BCUT2D eigenvalue weighted by molar-refractivity contribution is 7.91. The summed E-state index contributed by atoms with van der Waals surface area (Å²) in [6.07, 6.45) is 3.42. The summed E-state index contributed by atoms with van der Waals surface area (Å²) in [5.74, 6) is 0. The molecule has 5 nitrogen and oxygen atoms in total. The van der Waals surface area contributed by atoms with E-state index >= 15 is 0 Å². The van der Waals surface area contributed by atoms with Gasteiger partial charge >= 0.3 is 0 Å². The molecule has 0 saturated carbocycles. The Balaban J connectivity index is 2.27. The molecule has 0 aliphatic carbocycles. The topological polar surface area (TPSA) is 85.1 Å². The molecule has 2 rings (SSSR count). The number of anilines is 1.